The monoisotopic (exact) mass is 482 g/mol. The smallest absolute Gasteiger partial charge is 0.265 e. The summed E-state index contributed by atoms with van der Waals surface area (Å²) in [5, 5.41) is 17.9. The average Bonchev–Trinajstić information content (AvgIpc) is 3.35. The van der Waals surface area contributed by atoms with Crippen molar-refractivity contribution in [3.05, 3.63) is 161 Å². The molecule has 2 heterocycles. The van der Waals surface area contributed by atoms with Crippen LogP contribution in [0.1, 0.15) is 16.7 Å². The Labute approximate surface area is 213 Å². The minimum absolute atomic E-state index is 0.0120. The molecule has 0 radical (unpaired) electrons. The van der Waals surface area contributed by atoms with Gasteiger partial charge in [0.05, 0.1) is 10.4 Å². The number of nitrogens with zero attached hydrogens (tertiary/aromatic N) is 4. The maximum absolute atomic E-state index is 11.9. The molecule has 6 nitrogen and oxygen atoms in total. The molecule has 2 aromatic heterocycles. The molecular formula is C31H22N4O2. The van der Waals surface area contributed by atoms with E-state index in [0.717, 1.165) is 33.3 Å². The lowest BCUT2D eigenvalue weighted by molar-refractivity contribution is -0.384. The lowest BCUT2D eigenvalue weighted by Gasteiger charge is -2.37. The fourth-order valence-corrected chi connectivity index (χ4v) is 5.10. The van der Waals surface area contributed by atoms with Crippen molar-refractivity contribution < 1.29 is 4.92 Å². The molecule has 4 aromatic carbocycles. The number of pyridine rings is 1. The predicted octanol–water partition coefficient (Wildman–Crippen LogP) is 6.85. The summed E-state index contributed by atoms with van der Waals surface area (Å²) < 4.78 is 1.95. The first-order valence-electron chi connectivity index (χ1n) is 11.9. The van der Waals surface area contributed by atoms with Gasteiger partial charge in [-0.1, -0.05) is 91.0 Å². The molecular weight excluding hydrogens is 460 g/mol. The van der Waals surface area contributed by atoms with Gasteiger partial charge in [-0.25, -0.2) is 4.68 Å². The Morgan fingerprint density at radius 3 is 1.68 bits per heavy atom. The molecule has 0 aliphatic heterocycles. The van der Waals surface area contributed by atoms with Gasteiger partial charge in [-0.05, 0) is 34.9 Å². The van der Waals surface area contributed by atoms with Gasteiger partial charge in [0.15, 0.2) is 0 Å². The molecule has 0 fully saturated rings. The van der Waals surface area contributed by atoms with E-state index in [1.54, 1.807) is 24.5 Å². The van der Waals surface area contributed by atoms with E-state index < -0.39 is 5.54 Å². The van der Waals surface area contributed by atoms with Gasteiger partial charge in [-0.2, -0.15) is 5.10 Å². The topological polar surface area (TPSA) is 73.8 Å². The van der Waals surface area contributed by atoms with Crippen LogP contribution in [0.2, 0.25) is 0 Å². The summed E-state index contributed by atoms with van der Waals surface area (Å²) in [6.07, 6.45) is 3.45. The Morgan fingerprint density at radius 2 is 1.19 bits per heavy atom. The molecule has 0 saturated carbocycles. The number of aromatic nitrogens is 3. The summed E-state index contributed by atoms with van der Waals surface area (Å²) in [4.78, 5) is 15.7. The van der Waals surface area contributed by atoms with Crippen LogP contribution in [0.5, 0.6) is 0 Å². The molecule has 0 bridgehead atoms. The van der Waals surface area contributed by atoms with Crippen LogP contribution in [0.15, 0.2) is 134 Å². The predicted molar refractivity (Wildman–Crippen MR) is 144 cm³/mol. The van der Waals surface area contributed by atoms with E-state index in [2.05, 4.69) is 41.4 Å². The first kappa shape index (κ1) is 22.4. The SMILES string of the molecule is O=[N+]([O-])c1ccc2c(-c3ccncc3)nn(C(c3ccccc3)(c3ccccc3)c3ccccc3)c2c1. The van der Waals surface area contributed by atoms with Gasteiger partial charge in [0, 0.05) is 35.5 Å². The Bertz CT molecular complexity index is 1590. The van der Waals surface area contributed by atoms with Crippen molar-refractivity contribution in [2.24, 2.45) is 0 Å². The molecule has 0 unspecified atom stereocenters. The Balaban J connectivity index is 1.82. The Kier molecular flexibility index (Phi) is 5.54. The number of nitro benzene ring substituents is 1. The van der Waals surface area contributed by atoms with Gasteiger partial charge in [0.25, 0.3) is 5.69 Å². The molecule has 0 atom stereocenters. The van der Waals surface area contributed by atoms with Gasteiger partial charge in [0.1, 0.15) is 11.2 Å². The Morgan fingerprint density at radius 1 is 0.676 bits per heavy atom. The third-order valence-corrected chi connectivity index (χ3v) is 6.72. The van der Waals surface area contributed by atoms with Gasteiger partial charge in [0.2, 0.25) is 0 Å². The van der Waals surface area contributed by atoms with Crippen LogP contribution in [0, 0.1) is 10.1 Å². The molecule has 0 spiro atoms. The second-order valence-corrected chi connectivity index (χ2v) is 8.76. The molecule has 37 heavy (non-hydrogen) atoms. The molecule has 0 aliphatic rings. The van der Waals surface area contributed by atoms with Crippen molar-refractivity contribution in [2.45, 2.75) is 5.54 Å². The summed E-state index contributed by atoms with van der Waals surface area (Å²) >= 11 is 0. The minimum Gasteiger partial charge on any atom is -0.265 e. The van der Waals surface area contributed by atoms with Crippen LogP contribution >= 0.6 is 0 Å². The van der Waals surface area contributed by atoms with E-state index >= 15 is 0 Å². The molecule has 0 aliphatic carbocycles. The van der Waals surface area contributed by atoms with Crippen molar-refractivity contribution >= 4 is 16.6 Å². The van der Waals surface area contributed by atoms with Crippen LogP contribution < -0.4 is 0 Å². The maximum Gasteiger partial charge on any atom is 0.271 e. The van der Waals surface area contributed by atoms with Crippen LogP contribution in [0.3, 0.4) is 0 Å². The van der Waals surface area contributed by atoms with Crippen molar-refractivity contribution in [3.8, 4) is 11.3 Å². The zero-order valence-corrected chi connectivity index (χ0v) is 19.8. The number of non-ortho nitro benzene ring substituents is 1. The summed E-state index contributed by atoms with van der Waals surface area (Å²) in [5.74, 6) is 0. The number of hydrogen-bond donors (Lipinski definition) is 0. The largest absolute Gasteiger partial charge is 0.271 e. The van der Waals surface area contributed by atoms with Gasteiger partial charge in [-0.3, -0.25) is 15.1 Å². The first-order chi connectivity index (χ1) is 18.2. The van der Waals surface area contributed by atoms with Crippen molar-refractivity contribution in [1.82, 2.24) is 14.8 Å². The molecule has 0 amide bonds. The van der Waals surface area contributed by atoms with Crippen molar-refractivity contribution in [1.29, 1.82) is 0 Å². The second kappa shape index (κ2) is 9.17. The van der Waals surface area contributed by atoms with Gasteiger partial charge < -0.3 is 0 Å². The van der Waals surface area contributed by atoms with Gasteiger partial charge >= 0.3 is 0 Å². The first-order valence-corrected chi connectivity index (χ1v) is 11.9. The van der Waals surface area contributed by atoms with Crippen molar-refractivity contribution in [3.63, 3.8) is 0 Å². The summed E-state index contributed by atoms with van der Waals surface area (Å²) in [6, 6.07) is 39.2. The van der Waals surface area contributed by atoms with E-state index in [-0.39, 0.29) is 10.6 Å². The lowest BCUT2D eigenvalue weighted by Crippen LogP contribution is -2.38. The number of benzene rings is 4. The van der Waals surface area contributed by atoms with Crippen LogP contribution in [-0.4, -0.2) is 19.7 Å². The molecule has 0 saturated heterocycles. The van der Waals surface area contributed by atoms with Crippen LogP contribution in [-0.2, 0) is 5.54 Å². The highest BCUT2D eigenvalue weighted by molar-refractivity contribution is 5.95. The number of rotatable bonds is 6. The standard InChI is InChI=1S/C31H22N4O2/c36-35(37)27-16-17-28-29(22-27)34(33-30(28)23-18-20-32-21-19-23)31(24-10-4-1-5-11-24,25-12-6-2-7-13-25)26-14-8-3-9-15-26/h1-22H. The van der Waals surface area contributed by atoms with E-state index in [0.29, 0.717) is 5.52 Å². The average molecular weight is 483 g/mol. The quantitative estimate of drug-likeness (QED) is 0.148. The minimum atomic E-state index is -0.900. The number of nitro groups is 1. The zero-order valence-electron chi connectivity index (χ0n) is 19.8. The molecule has 6 heteroatoms. The van der Waals surface area contributed by atoms with E-state index in [4.69, 9.17) is 5.10 Å². The second-order valence-electron chi connectivity index (χ2n) is 8.76. The highest BCUT2D eigenvalue weighted by Gasteiger charge is 2.41. The third-order valence-electron chi connectivity index (χ3n) is 6.72. The molecule has 6 aromatic rings. The summed E-state index contributed by atoms with van der Waals surface area (Å²) in [5.41, 5.74) is 4.37. The number of fused-ring (bicyclic) bond motifs is 1. The van der Waals surface area contributed by atoms with Crippen LogP contribution in [0.25, 0.3) is 22.2 Å². The lowest BCUT2D eigenvalue weighted by atomic mass is 9.77. The molecule has 0 N–H and O–H groups in total. The number of hydrogen-bond acceptors (Lipinski definition) is 4. The van der Waals surface area contributed by atoms with E-state index in [1.807, 2.05) is 71.4 Å². The molecule has 6 rings (SSSR count). The van der Waals surface area contributed by atoms with Gasteiger partial charge in [-0.15, -0.1) is 0 Å². The van der Waals surface area contributed by atoms with E-state index in [1.165, 1.54) is 6.07 Å². The fourth-order valence-electron chi connectivity index (χ4n) is 5.10. The maximum atomic E-state index is 11.9. The van der Waals surface area contributed by atoms with Crippen molar-refractivity contribution in [2.75, 3.05) is 0 Å². The van der Waals surface area contributed by atoms with E-state index in [9.17, 15) is 10.1 Å². The molecule has 178 valence electrons. The fraction of sp³-hybridized carbons (Fsp3) is 0.0323. The third kappa shape index (κ3) is 3.67. The summed E-state index contributed by atoms with van der Waals surface area (Å²) in [7, 11) is 0. The highest BCUT2D eigenvalue weighted by Crippen LogP contribution is 2.44. The highest BCUT2D eigenvalue weighted by atomic mass is 16.6. The Hall–Kier alpha value is -5.10. The summed E-state index contributed by atoms with van der Waals surface area (Å²) in [6.45, 7) is 0. The zero-order chi connectivity index (χ0) is 25.2. The van der Waals surface area contributed by atoms with Crippen LogP contribution in [0.4, 0.5) is 5.69 Å². The normalized spacial score (nSPS) is 11.5.